The first kappa shape index (κ1) is 79.1. The van der Waals surface area contributed by atoms with E-state index in [0.717, 1.165) is 96.3 Å². The van der Waals surface area contributed by atoms with E-state index in [0.29, 0.717) is 37.5 Å². The van der Waals surface area contributed by atoms with E-state index in [1.165, 1.54) is 116 Å². The Balaban J connectivity index is 5.24. The van der Waals surface area contributed by atoms with Crippen molar-refractivity contribution in [2.45, 2.75) is 323 Å². The zero-order chi connectivity index (χ0) is 60.1. The maximum absolute atomic E-state index is 12.9. The highest BCUT2D eigenvalue weighted by molar-refractivity contribution is 7.47. The molecule has 2 unspecified atom stereocenters. The molecule has 17 nitrogen and oxygen atoms in total. The highest BCUT2D eigenvalue weighted by Gasteiger charge is 2.30. The highest BCUT2D eigenvalue weighted by atomic mass is 31.2. The Morgan fingerprint density at radius 1 is 0.333 bits per heavy atom. The second kappa shape index (κ2) is 54.7. The molecule has 3 N–H and O–H groups in total. The number of carbonyl (C=O) groups is 4. The van der Waals surface area contributed by atoms with E-state index in [9.17, 15) is 43.2 Å². The monoisotopic (exact) mass is 1200 g/mol. The number of esters is 4. The van der Waals surface area contributed by atoms with Gasteiger partial charge in [-0.1, -0.05) is 253 Å². The summed E-state index contributed by atoms with van der Waals surface area (Å²) in [5.41, 5.74) is 0. The molecule has 0 fully saturated rings. The lowest BCUT2D eigenvalue weighted by Crippen LogP contribution is -2.30. The van der Waals surface area contributed by atoms with E-state index < -0.39 is 97.5 Å². The molecule has 0 radical (unpaired) electrons. The van der Waals surface area contributed by atoms with Crippen molar-refractivity contribution in [3.8, 4) is 0 Å². The first-order valence-corrected chi connectivity index (χ1v) is 35.5. The summed E-state index contributed by atoms with van der Waals surface area (Å²) >= 11 is 0. The second-order valence-corrected chi connectivity index (χ2v) is 26.3. The number of unbranched alkanes of at least 4 members (excludes halogenated alkanes) is 31. The van der Waals surface area contributed by atoms with Crippen LogP contribution in [0.1, 0.15) is 305 Å². The van der Waals surface area contributed by atoms with Gasteiger partial charge in [-0.25, -0.2) is 9.13 Å². The molecule has 19 heteroatoms. The first-order valence-electron chi connectivity index (χ1n) is 32.5. The topological polar surface area (TPSA) is 237 Å². The summed E-state index contributed by atoms with van der Waals surface area (Å²) in [6.45, 7) is 9.34. The Hall–Kier alpha value is -1.94. The fourth-order valence-corrected chi connectivity index (χ4v) is 10.8. The minimum Gasteiger partial charge on any atom is -0.462 e. The fraction of sp³-hybridized carbons (Fsp3) is 0.935. The van der Waals surface area contributed by atoms with Gasteiger partial charge in [0, 0.05) is 25.7 Å². The number of carbonyl (C=O) groups excluding carboxylic acids is 4. The van der Waals surface area contributed by atoms with Crippen LogP contribution in [-0.4, -0.2) is 96.7 Å². The van der Waals surface area contributed by atoms with Gasteiger partial charge in [0.05, 0.1) is 26.4 Å². The van der Waals surface area contributed by atoms with E-state index in [-0.39, 0.29) is 25.7 Å². The van der Waals surface area contributed by atoms with Gasteiger partial charge in [-0.05, 0) is 37.5 Å². The molecule has 0 aliphatic carbocycles. The van der Waals surface area contributed by atoms with Gasteiger partial charge in [0.1, 0.15) is 19.3 Å². The quantitative estimate of drug-likeness (QED) is 0.0222. The van der Waals surface area contributed by atoms with Gasteiger partial charge in [-0.3, -0.25) is 37.3 Å². The summed E-state index contributed by atoms with van der Waals surface area (Å²) in [4.78, 5) is 72.0. The van der Waals surface area contributed by atoms with Crippen LogP contribution < -0.4 is 0 Å². The number of aliphatic hydroxyl groups is 1. The van der Waals surface area contributed by atoms with Gasteiger partial charge in [0.15, 0.2) is 12.2 Å². The molecule has 0 aromatic rings. The summed E-state index contributed by atoms with van der Waals surface area (Å²) in [5.74, 6) is -0.738. The van der Waals surface area contributed by atoms with Crippen molar-refractivity contribution in [2.24, 2.45) is 11.8 Å². The molecule has 0 heterocycles. The molecular weight excluding hydrogens is 1080 g/mol. The third kappa shape index (κ3) is 56.9. The molecule has 0 amide bonds. The number of hydrogen-bond acceptors (Lipinski definition) is 15. The van der Waals surface area contributed by atoms with Crippen LogP contribution in [0, 0.1) is 11.8 Å². The van der Waals surface area contributed by atoms with Gasteiger partial charge in [0.2, 0.25) is 0 Å². The Kier molecular flexibility index (Phi) is 53.4. The average Bonchev–Trinajstić information content (AvgIpc) is 3.42. The highest BCUT2D eigenvalue weighted by Crippen LogP contribution is 2.45. The van der Waals surface area contributed by atoms with E-state index in [4.69, 9.17) is 37.0 Å². The van der Waals surface area contributed by atoms with E-state index in [2.05, 4.69) is 41.5 Å². The van der Waals surface area contributed by atoms with Crippen molar-refractivity contribution in [3.05, 3.63) is 0 Å². The van der Waals surface area contributed by atoms with Crippen molar-refractivity contribution in [1.82, 2.24) is 0 Å². The molecule has 0 aromatic heterocycles. The summed E-state index contributed by atoms with van der Waals surface area (Å²) in [6, 6.07) is 0. The van der Waals surface area contributed by atoms with Crippen LogP contribution in [-0.2, 0) is 65.4 Å². The molecule has 0 saturated carbocycles. The van der Waals surface area contributed by atoms with Gasteiger partial charge in [0.25, 0.3) is 0 Å². The van der Waals surface area contributed by atoms with Crippen LogP contribution >= 0.6 is 15.6 Å². The third-order valence-electron chi connectivity index (χ3n) is 14.2. The third-order valence-corrected chi connectivity index (χ3v) is 16.1. The minimum atomic E-state index is -4.94. The van der Waals surface area contributed by atoms with Crippen molar-refractivity contribution < 1.29 is 80.2 Å². The van der Waals surface area contributed by atoms with E-state index >= 15 is 0 Å². The lowest BCUT2D eigenvalue weighted by Gasteiger charge is -2.21. The maximum atomic E-state index is 12.9. The molecule has 0 aromatic carbocycles. The first-order chi connectivity index (χ1) is 38.9. The largest absolute Gasteiger partial charge is 0.472 e. The lowest BCUT2D eigenvalue weighted by molar-refractivity contribution is -0.161. The van der Waals surface area contributed by atoms with Gasteiger partial charge >= 0.3 is 39.5 Å². The van der Waals surface area contributed by atoms with Gasteiger partial charge in [-0.2, -0.15) is 0 Å². The molecule has 0 rings (SSSR count). The number of ether oxygens (including phenoxy) is 4. The zero-order valence-corrected chi connectivity index (χ0v) is 53.9. The Morgan fingerprint density at radius 3 is 0.840 bits per heavy atom. The standard InChI is InChI=1S/C62H120O17P2/c1-7-9-11-13-15-17-18-19-21-27-34-40-46-61(66)78-57(51-73-60(65)45-39-33-28-22-24-30-36-42-54(3)4)52-76-80(68,69)74-48-56(63)49-75-81(70,71)77-53-58(50-72-59(64)44-38-32-26-20-16-14-12-10-8-2)79-62(67)47-41-35-29-23-25-31-37-43-55(5)6/h54-58,63H,7-53H2,1-6H3,(H,68,69)(H,70,71)/t56-,57-,58-/m1/s1. The zero-order valence-electron chi connectivity index (χ0n) is 52.1. The molecule has 81 heavy (non-hydrogen) atoms. The van der Waals surface area contributed by atoms with Crippen LogP contribution in [0.3, 0.4) is 0 Å². The molecule has 0 saturated heterocycles. The summed E-state index contributed by atoms with van der Waals surface area (Å²) < 4.78 is 67.9. The van der Waals surface area contributed by atoms with Crippen molar-refractivity contribution >= 4 is 39.5 Å². The van der Waals surface area contributed by atoms with Crippen LogP contribution in [0.5, 0.6) is 0 Å². The molecule has 0 aliphatic heterocycles. The van der Waals surface area contributed by atoms with Gasteiger partial charge in [-0.15, -0.1) is 0 Å². The normalized spacial score (nSPS) is 14.4. The number of rotatable bonds is 61. The van der Waals surface area contributed by atoms with Crippen LogP contribution in [0.25, 0.3) is 0 Å². The Labute approximate surface area is 492 Å². The smallest absolute Gasteiger partial charge is 0.462 e. The maximum Gasteiger partial charge on any atom is 0.472 e. The Bertz CT molecular complexity index is 1600. The minimum absolute atomic E-state index is 0.103. The van der Waals surface area contributed by atoms with Crippen LogP contribution in [0.4, 0.5) is 0 Å². The SMILES string of the molecule is CCCCCCCCCCCCCCC(=O)O[C@H](COC(=O)CCCCCCCCCC(C)C)COP(=O)(O)OC[C@@H](O)COP(=O)(O)OC[C@@H](COC(=O)CCCCCCCCCCC)OC(=O)CCCCCCCCCC(C)C. The predicted octanol–water partition coefficient (Wildman–Crippen LogP) is 16.9. The van der Waals surface area contributed by atoms with E-state index in [1.807, 2.05) is 0 Å². The second-order valence-electron chi connectivity index (χ2n) is 23.4. The number of aliphatic hydroxyl groups excluding tert-OH is 1. The molecule has 480 valence electrons. The fourth-order valence-electron chi connectivity index (χ4n) is 9.18. The summed E-state index contributed by atoms with van der Waals surface area (Å²) in [7, 11) is -9.88. The molecular formula is C62H120O17P2. The summed E-state index contributed by atoms with van der Waals surface area (Å²) in [6.07, 6.45) is 36.3. The van der Waals surface area contributed by atoms with Crippen LogP contribution in [0.15, 0.2) is 0 Å². The molecule has 0 spiro atoms. The average molecular weight is 1200 g/mol. The molecule has 0 bridgehead atoms. The number of phosphoric ester groups is 2. The lowest BCUT2D eigenvalue weighted by atomic mass is 10.0. The van der Waals surface area contributed by atoms with Crippen molar-refractivity contribution in [2.75, 3.05) is 39.6 Å². The number of hydrogen-bond donors (Lipinski definition) is 3. The van der Waals surface area contributed by atoms with Crippen molar-refractivity contribution in [1.29, 1.82) is 0 Å². The molecule has 5 atom stereocenters. The Morgan fingerprint density at radius 2 is 0.568 bits per heavy atom. The number of phosphoric acid groups is 2. The predicted molar refractivity (Wildman–Crippen MR) is 321 cm³/mol. The molecule has 0 aliphatic rings. The van der Waals surface area contributed by atoms with Crippen molar-refractivity contribution in [3.63, 3.8) is 0 Å². The van der Waals surface area contributed by atoms with E-state index in [1.54, 1.807) is 0 Å². The van der Waals surface area contributed by atoms with Crippen LogP contribution in [0.2, 0.25) is 0 Å². The summed E-state index contributed by atoms with van der Waals surface area (Å²) in [5, 5.41) is 10.5. The van der Waals surface area contributed by atoms with Gasteiger partial charge < -0.3 is 33.8 Å².